The lowest BCUT2D eigenvalue weighted by Crippen LogP contribution is -2.32. The zero-order valence-electron chi connectivity index (χ0n) is 12.1. The third kappa shape index (κ3) is 3.76. The maximum atomic E-state index is 12.6. The lowest BCUT2D eigenvalue weighted by atomic mass is 9.95. The first-order valence-electron chi connectivity index (χ1n) is 6.60. The molecule has 0 heterocycles. The van der Waals surface area contributed by atoms with Gasteiger partial charge < -0.3 is 11.5 Å². The molecule has 5 heteroatoms. The zero-order chi connectivity index (χ0) is 15.6. The normalized spacial score (nSPS) is 17.7. The van der Waals surface area contributed by atoms with Crippen LogP contribution < -0.4 is 11.5 Å². The molecule has 0 bridgehead atoms. The van der Waals surface area contributed by atoms with Crippen LogP contribution in [-0.2, 0) is 4.79 Å². The van der Waals surface area contributed by atoms with Crippen molar-refractivity contribution in [3.63, 3.8) is 0 Å². The molecule has 1 fully saturated rings. The highest BCUT2D eigenvalue weighted by Crippen LogP contribution is 2.57. The van der Waals surface area contributed by atoms with Crippen molar-refractivity contribution in [1.29, 1.82) is 0 Å². The van der Waals surface area contributed by atoms with Crippen LogP contribution in [0.3, 0.4) is 0 Å². The number of ketones is 1. The number of anilines is 1. The lowest BCUT2D eigenvalue weighted by molar-refractivity contribution is -0.136. The van der Waals surface area contributed by atoms with E-state index in [1.807, 2.05) is 31.2 Å². The van der Waals surface area contributed by atoms with Gasteiger partial charge in [-0.05, 0) is 44.4 Å². The highest BCUT2D eigenvalue weighted by Gasteiger charge is 2.62. The highest BCUT2D eigenvalue weighted by atomic mass is 19.3. The summed E-state index contributed by atoms with van der Waals surface area (Å²) in [6.45, 7) is 4.00. The number of alkyl halides is 2. The van der Waals surface area contributed by atoms with Crippen molar-refractivity contribution in [3.8, 4) is 0 Å². The first-order valence-corrected chi connectivity index (χ1v) is 6.60. The van der Waals surface area contributed by atoms with Gasteiger partial charge >= 0.3 is 0 Å². The van der Waals surface area contributed by atoms with E-state index in [2.05, 4.69) is 0 Å². The molecule has 1 saturated carbocycles. The van der Waals surface area contributed by atoms with Crippen molar-refractivity contribution < 1.29 is 13.6 Å². The molecule has 112 valence electrons. The summed E-state index contributed by atoms with van der Waals surface area (Å²) in [7, 11) is 0. The van der Waals surface area contributed by atoms with Gasteiger partial charge in [0.2, 0.25) is 0 Å². The molecule has 1 aliphatic carbocycles. The van der Waals surface area contributed by atoms with Crippen LogP contribution in [0.1, 0.15) is 45.2 Å². The zero-order valence-corrected chi connectivity index (χ0v) is 12.1. The van der Waals surface area contributed by atoms with E-state index in [1.54, 1.807) is 0 Å². The van der Waals surface area contributed by atoms with Crippen LogP contribution in [0.25, 0.3) is 0 Å². The largest absolute Gasteiger partial charge is 0.399 e. The van der Waals surface area contributed by atoms with Crippen LogP contribution in [0.2, 0.25) is 0 Å². The summed E-state index contributed by atoms with van der Waals surface area (Å²) in [6.07, 6.45) is 0.706. The number of nitrogen functional groups attached to an aromatic ring is 1. The molecule has 1 atom stereocenters. The highest BCUT2D eigenvalue weighted by molar-refractivity contribution is 5.86. The Hall–Kier alpha value is -1.49. The number of hydrogen-bond donors (Lipinski definition) is 2. The summed E-state index contributed by atoms with van der Waals surface area (Å²) in [5, 5.41) is 0. The minimum Gasteiger partial charge on any atom is -0.399 e. The fraction of sp³-hybridized carbons (Fsp3) is 0.533. The van der Waals surface area contributed by atoms with Crippen LogP contribution in [0, 0.1) is 5.41 Å². The van der Waals surface area contributed by atoms with Gasteiger partial charge in [0.15, 0.2) is 0 Å². The molecule has 0 aromatic heterocycles. The van der Waals surface area contributed by atoms with E-state index in [-0.39, 0.29) is 11.8 Å². The Bertz CT molecular complexity index is 477. The Kier molecular flexibility index (Phi) is 4.86. The quantitative estimate of drug-likeness (QED) is 0.837. The monoisotopic (exact) mass is 284 g/mol. The Morgan fingerprint density at radius 1 is 1.40 bits per heavy atom. The van der Waals surface area contributed by atoms with Crippen molar-refractivity contribution in [3.05, 3.63) is 29.8 Å². The molecule has 0 saturated heterocycles. The molecule has 0 spiro atoms. The summed E-state index contributed by atoms with van der Waals surface area (Å²) >= 11 is 0. The topological polar surface area (TPSA) is 69.1 Å². The van der Waals surface area contributed by atoms with E-state index in [4.69, 9.17) is 11.5 Å². The summed E-state index contributed by atoms with van der Waals surface area (Å²) in [5.41, 5.74) is 11.7. The predicted molar refractivity (Wildman–Crippen MR) is 76.4 cm³/mol. The summed E-state index contributed by atoms with van der Waals surface area (Å²) < 4.78 is 25.2. The van der Waals surface area contributed by atoms with Gasteiger partial charge in [-0.1, -0.05) is 12.1 Å². The second-order valence-electron chi connectivity index (χ2n) is 5.49. The molecular weight excluding hydrogens is 262 g/mol. The van der Waals surface area contributed by atoms with Gasteiger partial charge in [0.25, 0.3) is 5.92 Å². The van der Waals surface area contributed by atoms with Crippen LogP contribution in [0.4, 0.5) is 14.5 Å². The number of benzene rings is 1. The molecule has 0 radical (unpaired) electrons. The van der Waals surface area contributed by atoms with Gasteiger partial charge in [0.05, 0.1) is 5.41 Å². The number of rotatable bonds is 3. The summed E-state index contributed by atoms with van der Waals surface area (Å²) in [5.74, 6) is -3.20. The van der Waals surface area contributed by atoms with E-state index in [9.17, 15) is 13.6 Å². The maximum absolute atomic E-state index is 12.6. The minimum absolute atomic E-state index is 0.0727. The average molecular weight is 284 g/mol. The smallest absolute Gasteiger partial charge is 0.257 e. The summed E-state index contributed by atoms with van der Waals surface area (Å²) in [4.78, 5) is 10.7. The molecule has 2 rings (SSSR count). The molecule has 0 amide bonds. The molecule has 3 nitrogen and oxygen atoms in total. The van der Waals surface area contributed by atoms with E-state index >= 15 is 0 Å². The van der Waals surface area contributed by atoms with Gasteiger partial charge in [-0.2, -0.15) is 0 Å². The van der Waals surface area contributed by atoms with Crippen molar-refractivity contribution in [2.75, 3.05) is 5.73 Å². The van der Waals surface area contributed by atoms with Crippen LogP contribution >= 0.6 is 0 Å². The molecule has 0 aliphatic heterocycles. The van der Waals surface area contributed by atoms with Gasteiger partial charge in [0.1, 0.15) is 5.78 Å². The van der Waals surface area contributed by atoms with Crippen molar-refractivity contribution in [2.45, 2.75) is 45.6 Å². The third-order valence-electron chi connectivity index (χ3n) is 3.70. The van der Waals surface area contributed by atoms with Crippen LogP contribution in [-0.4, -0.2) is 11.7 Å². The van der Waals surface area contributed by atoms with Crippen LogP contribution in [0.5, 0.6) is 0 Å². The standard InChI is InChI=1S/C8H12N2.C7H10F2O/c1-6(9)7-3-2-4-8(10)5-7;1-5(10)7(3-4-7)6(2,8)9/h2-6H,9-10H2,1H3;3-4H2,1-2H3. The Labute approximate surface area is 118 Å². The molecule has 1 aromatic carbocycles. The first-order chi connectivity index (χ1) is 9.10. The van der Waals surface area contributed by atoms with Crippen molar-refractivity contribution >= 4 is 11.5 Å². The maximum Gasteiger partial charge on any atom is 0.257 e. The molecule has 20 heavy (non-hydrogen) atoms. The van der Waals surface area contributed by atoms with Gasteiger partial charge in [-0.3, -0.25) is 4.79 Å². The first kappa shape index (κ1) is 16.6. The number of nitrogens with two attached hydrogens (primary N) is 2. The van der Waals surface area contributed by atoms with E-state index < -0.39 is 11.3 Å². The number of halogens is 2. The average Bonchev–Trinajstić information content (AvgIpc) is 3.09. The molecule has 1 aromatic rings. The fourth-order valence-electron chi connectivity index (χ4n) is 2.07. The number of hydrogen-bond acceptors (Lipinski definition) is 3. The van der Waals surface area contributed by atoms with Gasteiger partial charge in [-0.15, -0.1) is 0 Å². The van der Waals surface area contributed by atoms with E-state index in [0.29, 0.717) is 12.8 Å². The van der Waals surface area contributed by atoms with Crippen molar-refractivity contribution in [1.82, 2.24) is 0 Å². The van der Waals surface area contributed by atoms with E-state index in [0.717, 1.165) is 18.2 Å². The third-order valence-corrected chi connectivity index (χ3v) is 3.70. The number of carbonyl (C=O) groups is 1. The fourth-order valence-corrected chi connectivity index (χ4v) is 2.07. The second-order valence-corrected chi connectivity index (χ2v) is 5.49. The molecular formula is C15H22F2N2O. The molecule has 4 N–H and O–H groups in total. The van der Waals surface area contributed by atoms with E-state index in [1.165, 1.54) is 6.92 Å². The minimum atomic E-state index is -2.82. The van der Waals surface area contributed by atoms with Gasteiger partial charge in [-0.25, -0.2) is 8.78 Å². The number of carbonyl (C=O) groups excluding carboxylic acids is 1. The Morgan fingerprint density at radius 2 is 1.95 bits per heavy atom. The predicted octanol–water partition coefficient (Wildman–Crippen LogP) is 3.30. The molecule has 1 unspecified atom stereocenters. The Morgan fingerprint density at radius 3 is 2.15 bits per heavy atom. The molecule has 1 aliphatic rings. The lowest BCUT2D eigenvalue weighted by Gasteiger charge is -2.19. The summed E-state index contributed by atoms with van der Waals surface area (Å²) in [6, 6.07) is 7.70. The van der Waals surface area contributed by atoms with Crippen LogP contribution in [0.15, 0.2) is 24.3 Å². The Balaban J connectivity index is 0.000000200. The number of Topliss-reactive ketones (excluding diaryl/α,β-unsaturated/α-hetero) is 1. The van der Waals surface area contributed by atoms with Gasteiger partial charge in [0, 0.05) is 18.7 Å². The SMILES string of the molecule is CC(=O)C1(C(C)(F)F)CC1.CC(N)c1cccc(N)c1. The second kappa shape index (κ2) is 5.87. The van der Waals surface area contributed by atoms with Crippen molar-refractivity contribution in [2.24, 2.45) is 11.1 Å².